The number of rotatable bonds is 4. The number of hydrogen-bond acceptors (Lipinski definition) is 3. The summed E-state index contributed by atoms with van der Waals surface area (Å²) in [7, 11) is 0. The maximum atomic E-state index is 11.5. The summed E-state index contributed by atoms with van der Waals surface area (Å²) in [4.78, 5) is 11.5. The van der Waals surface area contributed by atoms with E-state index < -0.39 is 0 Å². The summed E-state index contributed by atoms with van der Waals surface area (Å²) >= 11 is 0. The Labute approximate surface area is 96.2 Å². The normalized spacial score (nSPS) is 8.93. The van der Waals surface area contributed by atoms with Crippen LogP contribution in [0, 0.1) is 0 Å². The van der Waals surface area contributed by atoms with Gasteiger partial charge in [-0.3, -0.25) is 0 Å². The SMILES string of the molecule is CCNc1ccccc1C(=O)OCC.Cl. The van der Waals surface area contributed by atoms with E-state index in [-0.39, 0.29) is 18.4 Å². The molecule has 0 amide bonds. The molecule has 1 rings (SSSR count). The summed E-state index contributed by atoms with van der Waals surface area (Å²) in [5, 5.41) is 3.11. The van der Waals surface area contributed by atoms with Gasteiger partial charge in [-0.05, 0) is 26.0 Å². The lowest BCUT2D eigenvalue weighted by Gasteiger charge is -2.08. The predicted octanol–water partition coefficient (Wildman–Crippen LogP) is 2.72. The average Bonchev–Trinajstić information content (AvgIpc) is 2.19. The molecule has 0 aliphatic carbocycles. The molecule has 4 heteroatoms. The Hall–Kier alpha value is -1.22. The van der Waals surface area contributed by atoms with Crippen LogP contribution in [0.1, 0.15) is 24.2 Å². The Morgan fingerprint density at radius 1 is 1.33 bits per heavy atom. The van der Waals surface area contributed by atoms with Crippen molar-refractivity contribution in [2.24, 2.45) is 0 Å². The van der Waals surface area contributed by atoms with Crippen LogP contribution < -0.4 is 5.32 Å². The van der Waals surface area contributed by atoms with Crippen molar-refractivity contribution in [3.05, 3.63) is 29.8 Å². The highest BCUT2D eigenvalue weighted by Gasteiger charge is 2.10. The summed E-state index contributed by atoms with van der Waals surface area (Å²) in [6, 6.07) is 7.35. The standard InChI is InChI=1S/C11H15NO2.ClH/c1-3-12-10-8-6-5-7-9(10)11(13)14-4-2;/h5-8,12H,3-4H2,1-2H3;1H. The van der Waals surface area contributed by atoms with E-state index in [0.29, 0.717) is 12.2 Å². The largest absolute Gasteiger partial charge is 0.462 e. The maximum absolute atomic E-state index is 11.5. The molecule has 0 fully saturated rings. The highest BCUT2D eigenvalue weighted by Crippen LogP contribution is 2.15. The zero-order chi connectivity index (χ0) is 10.4. The van der Waals surface area contributed by atoms with Crippen LogP contribution in [0.25, 0.3) is 0 Å². The van der Waals surface area contributed by atoms with Gasteiger partial charge in [0.15, 0.2) is 0 Å². The molecule has 15 heavy (non-hydrogen) atoms. The van der Waals surface area contributed by atoms with Gasteiger partial charge in [-0.15, -0.1) is 12.4 Å². The molecule has 0 saturated carbocycles. The van der Waals surface area contributed by atoms with Crippen LogP contribution in [-0.2, 0) is 4.74 Å². The Bertz CT molecular complexity index is 315. The van der Waals surface area contributed by atoms with Gasteiger partial charge >= 0.3 is 5.97 Å². The van der Waals surface area contributed by atoms with Gasteiger partial charge in [-0.1, -0.05) is 12.1 Å². The van der Waals surface area contributed by atoms with Gasteiger partial charge in [0.05, 0.1) is 12.2 Å². The number of benzene rings is 1. The van der Waals surface area contributed by atoms with E-state index in [0.717, 1.165) is 12.2 Å². The molecule has 0 aromatic heterocycles. The van der Waals surface area contributed by atoms with Crippen LogP contribution in [0.4, 0.5) is 5.69 Å². The van der Waals surface area contributed by atoms with Crippen LogP contribution in [0.5, 0.6) is 0 Å². The molecular weight excluding hydrogens is 214 g/mol. The highest BCUT2D eigenvalue weighted by molar-refractivity contribution is 5.95. The van der Waals surface area contributed by atoms with Crippen LogP contribution in [0.15, 0.2) is 24.3 Å². The predicted molar refractivity (Wildman–Crippen MR) is 63.8 cm³/mol. The zero-order valence-corrected chi connectivity index (χ0v) is 9.76. The van der Waals surface area contributed by atoms with Crippen LogP contribution in [0.3, 0.4) is 0 Å². The first-order chi connectivity index (χ1) is 6.79. The lowest BCUT2D eigenvalue weighted by atomic mass is 10.2. The topological polar surface area (TPSA) is 38.3 Å². The maximum Gasteiger partial charge on any atom is 0.340 e. The van der Waals surface area contributed by atoms with Gasteiger partial charge in [-0.2, -0.15) is 0 Å². The lowest BCUT2D eigenvalue weighted by Crippen LogP contribution is -2.09. The second-order valence-corrected chi connectivity index (χ2v) is 2.80. The molecule has 1 aromatic carbocycles. The van der Waals surface area contributed by atoms with Crippen LogP contribution in [-0.4, -0.2) is 19.1 Å². The van der Waals surface area contributed by atoms with E-state index in [2.05, 4.69) is 5.32 Å². The number of carbonyl (C=O) groups is 1. The summed E-state index contributed by atoms with van der Waals surface area (Å²) < 4.78 is 4.94. The number of hydrogen-bond donors (Lipinski definition) is 1. The van der Waals surface area contributed by atoms with Crippen molar-refractivity contribution < 1.29 is 9.53 Å². The zero-order valence-electron chi connectivity index (χ0n) is 8.95. The van der Waals surface area contributed by atoms with Gasteiger partial charge in [0.25, 0.3) is 0 Å². The molecule has 1 aromatic rings. The first kappa shape index (κ1) is 13.8. The quantitative estimate of drug-likeness (QED) is 0.807. The minimum Gasteiger partial charge on any atom is -0.462 e. The first-order valence-electron chi connectivity index (χ1n) is 4.79. The van der Waals surface area contributed by atoms with Crippen molar-refractivity contribution >= 4 is 24.1 Å². The molecule has 0 aliphatic heterocycles. The fraction of sp³-hybridized carbons (Fsp3) is 0.364. The smallest absolute Gasteiger partial charge is 0.340 e. The molecule has 0 heterocycles. The number of nitrogens with one attached hydrogen (secondary N) is 1. The number of carbonyl (C=O) groups excluding carboxylic acids is 1. The van der Waals surface area contributed by atoms with Crippen molar-refractivity contribution in [2.45, 2.75) is 13.8 Å². The summed E-state index contributed by atoms with van der Waals surface area (Å²) in [6.45, 7) is 4.98. The number of esters is 1. The minimum atomic E-state index is -0.274. The Morgan fingerprint density at radius 3 is 2.60 bits per heavy atom. The van der Waals surface area contributed by atoms with Crippen molar-refractivity contribution in [1.29, 1.82) is 0 Å². The van der Waals surface area contributed by atoms with E-state index in [4.69, 9.17) is 4.74 Å². The molecule has 0 radical (unpaired) electrons. The van der Waals surface area contributed by atoms with Crippen LogP contribution in [0.2, 0.25) is 0 Å². The molecule has 1 N–H and O–H groups in total. The number of anilines is 1. The van der Waals surface area contributed by atoms with Crippen molar-refractivity contribution in [1.82, 2.24) is 0 Å². The first-order valence-corrected chi connectivity index (χ1v) is 4.79. The van der Waals surface area contributed by atoms with E-state index in [1.807, 2.05) is 25.1 Å². The Kier molecular flexibility index (Phi) is 6.54. The van der Waals surface area contributed by atoms with Crippen molar-refractivity contribution in [3.63, 3.8) is 0 Å². The van der Waals surface area contributed by atoms with Gasteiger partial charge in [0.2, 0.25) is 0 Å². The molecule has 84 valence electrons. The monoisotopic (exact) mass is 229 g/mol. The molecule has 0 atom stereocenters. The van der Waals surface area contributed by atoms with Gasteiger partial charge in [0, 0.05) is 12.2 Å². The summed E-state index contributed by atoms with van der Waals surface area (Å²) in [5.41, 5.74) is 1.42. The summed E-state index contributed by atoms with van der Waals surface area (Å²) in [5.74, 6) is -0.274. The Balaban J connectivity index is 0.00000196. The van der Waals surface area contributed by atoms with Crippen molar-refractivity contribution in [2.75, 3.05) is 18.5 Å². The van der Waals surface area contributed by atoms with Crippen molar-refractivity contribution in [3.8, 4) is 0 Å². The third-order valence-electron chi connectivity index (χ3n) is 1.79. The third-order valence-corrected chi connectivity index (χ3v) is 1.79. The van der Waals surface area contributed by atoms with Gasteiger partial charge < -0.3 is 10.1 Å². The van der Waals surface area contributed by atoms with E-state index in [1.165, 1.54) is 0 Å². The molecule has 0 bridgehead atoms. The highest BCUT2D eigenvalue weighted by atomic mass is 35.5. The van der Waals surface area contributed by atoms with E-state index in [1.54, 1.807) is 13.0 Å². The number of halogens is 1. The average molecular weight is 230 g/mol. The molecule has 3 nitrogen and oxygen atoms in total. The molecule has 0 aliphatic rings. The van der Waals surface area contributed by atoms with Gasteiger partial charge in [0.1, 0.15) is 0 Å². The molecule has 0 saturated heterocycles. The van der Waals surface area contributed by atoms with Crippen LogP contribution >= 0.6 is 12.4 Å². The number of para-hydroxylation sites is 1. The van der Waals surface area contributed by atoms with E-state index in [9.17, 15) is 4.79 Å². The fourth-order valence-electron chi connectivity index (χ4n) is 1.21. The van der Waals surface area contributed by atoms with Gasteiger partial charge in [-0.25, -0.2) is 4.79 Å². The minimum absolute atomic E-state index is 0. The number of ether oxygens (including phenoxy) is 1. The third kappa shape index (κ3) is 3.80. The Morgan fingerprint density at radius 2 is 2.00 bits per heavy atom. The summed E-state index contributed by atoms with van der Waals surface area (Å²) in [6.07, 6.45) is 0. The van der Waals surface area contributed by atoms with E-state index >= 15 is 0 Å². The molecule has 0 spiro atoms. The lowest BCUT2D eigenvalue weighted by molar-refractivity contribution is 0.0527. The fourth-order valence-corrected chi connectivity index (χ4v) is 1.21. The molecular formula is C11H16ClNO2. The second kappa shape index (κ2) is 7.12. The second-order valence-electron chi connectivity index (χ2n) is 2.80. The molecule has 0 unspecified atom stereocenters.